The molecule has 0 aliphatic heterocycles. The Balaban J connectivity index is 2.51. The summed E-state index contributed by atoms with van der Waals surface area (Å²) in [6.45, 7) is 5.75. The minimum Gasteiger partial charge on any atom is -0.383 e. The number of rotatable bonds is 12. The fraction of sp³-hybridized carbons (Fsp3) is 0.562. The van der Waals surface area contributed by atoms with Crippen molar-refractivity contribution < 1.29 is 19.1 Å². The lowest BCUT2D eigenvalue weighted by atomic mass is 10.2. The molecule has 0 aliphatic carbocycles. The number of anilines is 1. The van der Waals surface area contributed by atoms with E-state index in [0.717, 1.165) is 13.1 Å². The number of aromatic nitrogens is 1. The monoisotopic (exact) mass is 338 g/mol. The summed E-state index contributed by atoms with van der Waals surface area (Å²) in [5, 5.41) is 5.39. The number of carbonyl (C=O) groups is 2. The molecule has 8 nitrogen and oxygen atoms in total. The third-order valence-electron chi connectivity index (χ3n) is 3.50. The third kappa shape index (κ3) is 7.03. The molecular formula is C16H26N4O4. The van der Waals surface area contributed by atoms with E-state index < -0.39 is 0 Å². The molecule has 0 spiro atoms. The lowest BCUT2D eigenvalue weighted by Gasteiger charge is -2.21. The molecule has 0 saturated carbocycles. The van der Waals surface area contributed by atoms with Gasteiger partial charge in [0, 0.05) is 46.6 Å². The van der Waals surface area contributed by atoms with Crippen molar-refractivity contribution in [1.82, 2.24) is 15.2 Å². The number of hydrogen-bond donors (Lipinski definition) is 2. The van der Waals surface area contributed by atoms with E-state index in [0.29, 0.717) is 49.7 Å². The average Bonchev–Trinajstić information content (AvgIpc) is 2.58. The van der Waals surface area contributed by atoms with Crippen molar-refractivity contribution in [3.05, 3.63) is 23.5 Å². The van der Waals surface area contributed by atoms with Crippen molar-refractivity contribution in [2.24, 2.45) is 0 Å². The van der Waals surface area contributed by atoms with Gasteiger partial charge in [-0.05, 0) is 13.0 Å². The third-order valence-corrected chi connectivity index (χ3v) is 3.50. The standard InChI is InChI=1S/C16H26N4O4/c1-13-15(19-12-21)10-14(11-18-13)16(22)17-4-5-20(6-8-23-2)7-9-24-3/h10-12H,4-9H2,1-3H3,(H,17,22)(H,19,21). The number of carbonyl (C=O) groups excluding carboxylic acids is 2. The Bertz CT molecular complexity index is 517. The van der Waals surface area contributed by atoms with Crippen molar-refractivity contribution in [1.29, 1.82) is 0 Å². The fourth-order valence-corrected chi connectivity index (χ4v) is 2.07. The highest BCUT2D eigenvalue weighted by Gasteiger charge is 2.10. The van der Waals surface area contributed by atoms with Gasteiger partial charge in [0.2, 0.25) is 6.41 Å². The summed E-state index contributed by atoms with van der Waals surface area (Å²) in [6.07, 6.45) is 2.06. The summed E-state index contributed by atoms with van der Waals surface area (Å²) in [5.74, 6) is -0.227. The first kappa shape index (κ1) is 20.0. The number of pyridine rings is 1. The lowest BCUT2D eigenvalue weighted by molar-refractivity contribution is -0.105. The van der Waals surface area contributed by atoms with E-state index in [1.165, 1.54) is 6.20 Å². The quantitative estimate of drug-likeness (QED) is 0.532. The minimum absolute atomic E-state index is 0.227. The number of nitrogens with one attached hydrogen (secondary N) is 2. The first-order chi connectivity index (χ1) is 11.6. The van der Waals surface area contributed by atoms with Crippen LogP contribution in [0.5, 0.6) is 0 Å². The lowest BCUT2D eigenvalue weighted by Crippen LogP contribution is -2.38. The van der Waals surface area contributed by atoms with Crippen LogP contribution < -0.4 is 10.6 Å². The van der Waals surface area contributed by atoms with Crippen LogP contribution in [0.1, 0.15) is 16.1 Å². The Morgan fingerprint density at radius 1 is 1.25 bits per heavy atom. The van der Waals surface area contributed by atoms with E-state index in [9.17, 15) is 9.59 Å². The van der Waals surface area contributed by atoms with Gasteiger partial charge in [0.1, 0.15) is 0 Å². The van der Waals surface area contributed by atoms with Crippen molar-refractivity contribution in [2.75, 3.05) is 58.9 Å². The van der Waals surface area contributed by atoms with E-state index in [1.54, 1.807) is 27.2 Å². The van der Waals surface area contributed by atoms with Crippen molar-refractivity contribution >= 4 is 18.0 Å². The molecular weight excluding hydrogens is 312 g/mol. The molecule has 1 rings (SSSR count). The summed E-state index contributed by atoms with van der Waals surface area (Å²) in [7, 11) is 3.32. The van der Waals surface area contributed by atoms with E-state index in [-0.39, 0.29) is 5.91 Å². The predicted molar refractivity (Wildman–Crippen MR) is 91.2 cm³/mol. The molecule has 0 unspecified atom stereocenters. The van der Waals surface area contributed by atoms with Gasteiger partial charge in [0.05, 0.1) is 30.2 Å². The molecule has 0 saturated heterocycles. The first-order valence-corrected chi connectivity index (χ1v) is 7.77. The van der Waals surface area contributed by atoms with Crippen molar-refractivity contribution in [2.45, 2.75) is 6.92 Å². The molecule has 0 bridgehead atoms. The number of methoxy groups -OCH3 is 2. The summed E-state index contributed by atoms with van der Waals surface area (Å²) in [6, 6.07) is 1.61. The van der Waals surface area contributed by atoms with Crippen LogP contribution in [0.2, 0.25) is 0 Å². The van der Waals surface area contributed by atoms with E-state index >= 15 is 0 Å². The van der Waals surface area contributed by atoms with Gasteiger partial charge in [-0.3, -0.25) is 19.5 Å². The Labute approximate surface area is 142 Å². The average molecular weight is 338 g/mol. The van der Waals surface area contributed by atoms with Gasteiger partial charge in [-0.2, -0.15) is 0 Å². The Morgan fingerprint density at radius 2 is 1.92 bits per heavy atom. The second kappa shape index (κ2) is 11.5. The van der Waals surface area contributed by atoms with E-state index in [2.05, 4.69) is 20.5 Å². The second-order valence-corrected chi connectivity index (χ2v) is 5.20. The normalized spacial score (nSPS) is 10.7. The maximum atomic E-state index is 12.2. The SMILES string of the molecule is COCCN(CCNC(=O)c1cnc(C)c(NC=O)c1)CCOC. The van der Waals surface area contributed by atoms with Gasteiger partial charge in [0.15, 0.2) is 0 Å². The van der Waals surface area contributed by atoms with Crippen LogP contribution in [-0.2, 0) is 14.3 Å². The van der Waals surface area contributed by atoms with E-state index in [1.807, 2.05) is 0 Å². The highest BCUT2D eigenvalue weighted by molar-refractivity contribution is 5.95. The number of aryl methyl sites for hydroxylation is 1. The minimum atomic E-state index is -0.227. The smallest absolute Gasteiger partial charge is 0.252 e. The predicted octanol–water partition coefficient (Wildman–Crippen LogP) is 0.283. The van der Waals surface area contributed by atoms with Crippen LogP contribution in [0.4, 0.5) is 5.69 Å². The number of nitrogens with zero attached hydrogens (tertiary/aromatic N) is 2. The van der Waals surface area contributed by atoms with Gasteiger partial charge in [-0.15, -0.1) is 0 Å². The zero-order valence-corrected chi connectivity index (χ0v) is 14.5. The van der Waals surface area contributed by atoms with Gasteiger partial charge in [0.25, 0.3) is 5.91 Å². The maximum Gasteiger partial charge on any atom is 0.252 e. The Hall–Kier alpha value is -2.03. The summed E-state index contributed by atoms with van der Waals surface area (Å²) in [4.78, 5) is 29.0. The van der Waals surface area contributed by atoms with Gasteiger partial charge in [-0.25, -0.2) is 0 Å². The molecule has 0 aromatic carbocycles. The van der Waals surface area contributed by atoms with Gasteiger partial charge < -0.3 is 20.1 Å². The molecule has 2 amide bonds. The van der Waals surface area contributed by atoms with Crippen LogP contribution in [-0.4, -0.2) is 75.8 Å². The zero-order valence-electron chi connectivity index (χ0n) is 14.5. The molecule has 134 valence electrons. The molecule has 0 atom stereocenters. The van der Waals surface area contributed by atoms with Crippen molar-refractivity contribution in [3.63, 3.8) is 0 Å². The van der Waals surface area contributed by atoms with Crippen molar-refractivity contribution in [3.8, 4) is 0 Å². The molecule has 8 heteroatoms. The van der Waals surface area contributed by atoms with E-state index in [4.69, 9.17) is 9.47 Å². The first-order valence-electron chi connectivity index (χ1n) is 7.77. The summed E-state index contributed by atoms with van der Waals surface area (Å²) >= 11 is 0. The molecule has 1 aromatic heterocycles. The molecule has 0 aliphatic rings. The molecule has 0 fully saturated rings. The molecule has 2 N–H and O–H groups in total. The van der Waals surface area contributed by atoms with Crippen LogP contribution in [0, 0.1) is 6.92 Å². The summed E-state index contributed by atoms with van der Waals surface area (Å²) in [5.41, 5.74) is 1.59. The Morgan fingerprint density at radius 3 is 2.50 bits per heavy atom. The number of ether oxygens (including phenoxy) is 2. The van der Waals surface area contributed by atoms with Crippen LogP contribution >= 0.6 is 0 Å². The number of hydrogen-bond acceptors (Lipinski definition) is 6. The molecule has 1 aromatic rings. The van der Waals surface area contributed by atoms with Gasteiger partial charge >= 0.3 is 0 Å². The summed E-state index contributed by atoms with van der Waals surface area (Å²) < 4.78 is 10.2. The molecule has 1 heterocycles. The van der Waals surface area contributed by atoms with Gasteiger partial charge in [-0.1, -0.05) is 0 Å². The molecule has 24 heavy (non-hydrogen) atoms. The highest BCUT2D eigenvalue weighted by atomic mass is 16.5. The molecule has 0 radical (unpaired) electrons. The topological polar surface area (TPSA) is 92.8 Å². The number of amides is 2. The van der Waals surface area contributed by atoms with Crippen LogP contribution in [0.3, 0.4) is 0 Å². The zero-order chi connectivity index (χ0) is 17.8. The highest BCUT2D eigenvalue weighted by Crippen LogP contribution is 2.13. The largest absolute Gasteiger partial charge is 0.383 e. The fourth-order valence-electron chi connectivity index (χ4n) is 2.07. The Kier molecular flexibility index (Phi) is 9.59. The van der Waals surface area contributed by atoms with Crippen LogP contribution in [0.25, 0.3) is 0 Å². The van der Waals surface area contributed by atoms with Crippen LogP contribution in [0.15, 0.2) is 12.3 Å². The maximum absolute atomic E-state index is 12.2. The second-order valence-electron chi connectivity index (χ2n) is 5.20.